The molecule has 2 amide bonds. The fourth-order valence-electron chi connectivity index (χ4n) is 3.43. The van der Waals surface area contributed by atoms with Crippen LogP contribution < -0.4 is 15.0 Å². The van der Waals surface area contributed by atoms with E-state index in [1.54, 1.807) is 12.1 Å². The number of amides is 2. The Morgan fingerprint density at radius 3 is 2.47 bits per heavy atom. The number of ether oxygens (including phenoxy) is 1. The second-order valence-electron chi connectivity index (χ2n) is 7.73. The topological polar surface area (TPSA) is 61.9 Å². The van der Waals surface area contributed by atoms with Crippen molar-refractivity contribution in [1.82, 2.24) is 4.90 Å². The molecule has 30 heavy (non-hydrogen) atoms. The van der Waals surface area contributed by atoms with Crippen molar-refractivity contribution in [3.8, 4) is 5.75 Å². The molecule has 0 spiro atoms. The summed E-state index contributed by atoms with van der Waals surface area (Å²) >= 11 is 6.02. The number of hydrogen-bond acceptors (Lipinski definition) is 4. The highest BCUT2D eigenvalue weighted by Crippen LogP contribution is 2.27. The number of halogens is 1. The van der Waals surface area contributed by atoms with E-state index in [4.69, 9.17) is 16.3 Å². The van der Waals surface area contributed by atoms with Crippen molar-refractivity contribution in [2.45, 2.75) is 20.8 Å². The van der Waals surface area contributed by atoms with Crippen LogP contribution in [-0.4, -0.2) is 49.5 Å². The molecule has 1 aliphatic heterocycles. The van der Waals surface area contributed by atoms with Gasteiger partial charge in [-0.3, -0.25) is 9.59 Å². The van der Waals surface area contributed by atoms with Gasteiger partial charge in [0.15, 0.2) is 6.61 Å². The van der Waals surface area contributed by atoms with E-state index in [1.807, 2.05) is 56.0 Å². The number of nitrogens with one attached hydrogen (secondary N) is 1. The van der Waals surface area contributed by atoms with Crippen molar-refractivity contribution >= 4 is 34.8 Å². The summed E-state index contributed by atoms with van der Waals surface area (Å²) in [5.74, 6) is 0.563. The molecule has 3 rings (SSSR count). The molecule has 0 radical (unpaired) electrons. The summed E-state index contributed by atoms with van der Waals surface area (Å²) in [4.78, 5) is 28.8. The molecular weight excluding hydrogens is 402 g/mol. The maximum absolute atomic E-state index is 12.5. The highest BCUT2D eigenvalue weighted by atomic mass is 35.5. The Morgan fingerprint density at radius 2 is 1.80 bits per heavy atom. The molecule has 0 unspecified atom stereocenters. The van der Waals surface area contributed by atoms with Crippen molar-refractivity contribution < 1.29 is 14.3 Å². The molecule has 1 saturated heterocycles. The van der Waals surface area contributed by atoms with Gasteiger partial charge in [-0.1, -0.05) is 37.6 Å². The predicted octanol–water partition coefficient (Wildman–Crippen LogP) is 3.97. The number of nitrogens with zero attached hydrogens (tertiary/aromatic N) is 2. The molecule has 0 aliphatic carbocycles. The van der Waals surface area contributed by atoms with Gasteiger partial charge in [-0.15, -0.1) is 0 Å². The van der Waals surface area contributed by atoms with E-state index in [-0.39, 0.29) is 24.3 Å². The highest BCUT2D eigenvalue weighted by Gasteiger charge is 2.24. The Kier molecular flexibility index (Phi) is 7.21. The van der Waals surface area contributed by atoms with Crippen LogP contribution in [0.25, 0.3) is 0 Å². The van der Waals surface area contributed by atoms with Gasteiger partial charge in [-0.05, 0) is 42.8 Å². The molecule has 0 atom stereocenters. The highest BCUT2D eigenvalue weighted by molar-refractivity contribution is 6.31. The minimum atomic E-state index is -0.233. The second kappa shape index (κ2) is 9.85. The molecular formula is C23H28ClN3O3. The zero-order valence-corrected chi connectivity index (χ0v) is 18.4. The predicted molar refractivity (Wildman–Crippen MR) is 120 cm³/mol. The lowest BCUT2D eigenvalue weighted by Crippen LogP contribution is -2.50. The van der Waals surface area contributed by atoms with Gasteiger partial charge in [0.25, 0.3) is 5.91 Å². The summed E-state index contributed by atoms with van der Waals surface area (Å²) in [6, 6.07) is 13.0. The minimum Gasteiger partial charge on any atom is -0.484 e. The quantitative estimate of drug-likeness (QED) is 0.754. The van der Waals surface area contributed by atoms with Crippen LogP contribution in [0, 0.1) is 12.8 Å². The van der Waals surface area contributed by atoms with Gasteiger partial charge in [-0.25, -0.2) is 0 Å². The lowest BCUT2D eigenvalue weighted by atomic mass is 10.1. The van der Waals surface area contributed by atoms with Crippen molar-refractivity contribution in [2.75, 3.05) is 43.0 Å². The summed E-state index contributed by atoms with van der Waals surface area (Å²) < 4.78 is 5.60. The molecule has 0 saturated carbocycles. The van der Waals surface area contributed by atoms with Gasteiger partial charge >= 0.3 is 0 Å². The van der Waals surface area contributed by atoms with E-state index in [0.717, 1.165) is 30.0 Å². The van der Waals surface area contributed by atoms with Gasteiger partial charge in [0, 0.05) is 37.1 Å². The maximum atomic E-state index is 12.5. The van der Waals surface area contributed by atoms with E-state index in [9.17, 15) is 9.59 Å². The number of anilines is 2. The number of para-hydroxylation sites is 2. The average Bonchev–Trinajstić information content (AvgIpc) is 2.74. The average molecular weight is 430 g/mol. The fourth-order valence-corrected chi connectivity index (χ4v) is 3.55. The SMILES string of the molecule is Cc1cc(OCC(=O)Nc2ccccc2N2CCN(C(=O)C(C)C)CC2)ccc1Cl. The Hall–Kier alpha value is -2.73. The summed E-state index contributed by atoms with van der Waals surface area (Å²) in [6.07, 6.45) is 0. The van der Waals surface area contributed by atoms with E-state index >= 15 is 0 Å². The van der Waals surface area contributed by atoms with Crippen LogP contribution in [0.5, 0.6) is 5.75 Å². The Morgan fingerprint density at radius 1 is 1.10 bits per heavy atom. The van der Waals surface area contributed by atoms with Crippen LogP contribution in [0.1, 0.15) is 19.4 Å². The van der Waals surface area contributed by atoms with Crippen molar-refractivity contribution in [3.05, 3.63) is 53.1 Å². The number of hydrogen-bond donors (Lipinski definition) is 1. The number of carbonyl (C=O) groups is 2. The molecule has 0 bridgehead atoms. The van der Waals surface area contributed by atoms with Crippen molar-refractivity contribution in [1.29, 1.82) is 0 Å². The number of rotatable bonds is 6. The van der Waals surface area contributed by atoms with Gasteiger partial charge < -0.3 is 19.9 Å². The first-order chi connectivity index (χ1) is 14.3. The lowest BCUT2D eigenvalue weighted by molar-refractivity contribution is -0.134. The Bertz CT molecular complexity index is 908. The largest absolute Gasteiger partial charge is 0.484 e. The molecule has 2 aromatic rings. The lowest BCUT2D eigenvalue weighted by Gasteiger charge is -2.37. The summed E-state index contributed by atoms with van der Waals surface area (Å²) in [7, 11) is 0. The van der Waals surface area contributed by atoms with Crippen molar-refractivity contribution in [2.24, 2.45) is 5.92 Å². The molecule has 1 heterocycles. The summed E-state index contributed by atoms with van der Waals surface area (Å²) in [6.45, 7) is 8.46. The van der Waals surface area contributed by atoms with Crippen molar-refractivity contribution in [3.63, 3.8) is 0 Å². The maximum Gasteiger partial charge on any atom is 0.262 e. The first kappa shape index (κ1) is 22.0. The zero-order chi connectivity index (χ0) is 21.7. The third-order valence-electron chi connectivity index (χ3n) is 5.10. The monoisotopic (exact) mass is 429 g/mol. The minimum absolute atomic E-state index is 0.00699. The molecule has 2 aromatic carbocycles. The molecule has 7 heteroatoms. The van der Waals surface area contributed by atoms with Crippen LogP contribution in [0.2, 0.25) is 5.02 Å². The number of carbonyl (C=O) groups excluding carboxylic acids is 2. The van der Waals surface area contributed by atoms with E-state index in [1.165, 1.54) is 0 Å². The molecule has 1 aliphatic rings. The third-order valence-corrected chi connectivity index (χ3v) is 5.53. The third kappa shape index (κ3) is 5.45. The smallest absolute Gasteiger partial charge is 0.262 e. The number of piperazine rings is 1. The molecule has 0 aromatic heterocycles. The van der Waals surface area contributed by atoms with Crippen LogP contribution in [0.15, 0.2) is 42.5 Å². The summed E-state index contributed by atoms with van der Waals surface area (Å²) in [5, 5.41) is 3.61. The summed E-state index contributed by atoms with van der Waals surface area (Å²) in [5.41, 5.74) is 2.59. The Balaban J connectivity index is 1.59. The zero-order valence-electron chi connectivity index (χ0n) is 17.7. The van der Waals surface area contributed by atoms with Crippen LogP contribution in [-0.2, 0) is 9.59 Å². The van der Waals surface area contributed by atoms with E-state index in [0.29, 0.717) is 23.9 Å². The van der Waals surface area contributed by atoms with Gasteiger partial charge in [-0.2, -0.15) is 0 Å². The standard InChI is InChI=1S/C23H28ClN3O3/c1-16(2)23(29)27-12-10-26(11-13-27)21-7-5-4-6-20(21)25-22(28)15-30-18-8-9-19(24)17(3)14-18/h4-9,14,16H,10-13,15H2,1-3H3,(H,25,28). The van der Waals surface area contributed by atoms with Crippen LogP contribution in [0.4, 0.5) is 11.4 Å². The molecule has 1 N–H and O–H groups in total. The Labute approximate surface area is 182 Å². The van der Waals surface area contributed by atoms with E-state index < -0.39 is 0 Å². The van der Waals surface area contributed by atoms with Gasteiger partial charge in [0.05, 0.1) is 11.4 Å². The number of benzene rings is 2. The molecule has 1 fully saturated rings. The van der Waals surface area contributed by atoms with Crippen LogP contribution in [0.3, 0.4) is 0 Å². The molecule has 160 valence electrons. The molecule has 6 nitrogen and oxygen atoms in total. The normalized spacial score (nSPS) is 14.0. The number of aryl methyl sites for hydroxylation is 1. The van der Waals surface area contributed by atoms with E-state index in [2.05, 4.69) is 10.2 Å². The second-order valence-corrected chi connectivity index (χ2v) is 8.14. The van der Waals surface area contributed by atoms with Crippen LogP contribution >= 0.6 is 11.6 Å². The first-order valence-corrected chi connectivity index (χ1v) is 10.5. The first-order valence-electron chi connectivity index (χ1n) is 10.2. The van der Waals surface area contributed by atoms with Gasteiger partial charge in [0.1, 0.15) is 5.75 Å². The fraction of sp³-hybridized carbons (Fsp3) is 0.391. The van der Waals surface area contributed by atoms with Gasteiger partial charge in [0.2, 0.25) is 5.91 Å².